The van der Waals surface area contributed by atoms with Crippen LogP contribution in [0, 0.1) is 5.92 Å². The number of unbranched alkanes of at least 4 members (excludes halogenated alkanes) is 1. The molecule has 0 aromatic rings. The van der Waals surface area contributed by atoms with Gasteiger partial charge < -0.3 is 15.8 Å². The van der Waals surface area contributed by atoms with Crippen LogP contribution in [0.4, 0.5) is 0 Å². The summed E-state index contributed by atoms with van der Waals surface area (Å²) < 4.78 is 5.41. The molecule has 0 saturated carbocycles. The number of nitrogens with one attached hydrogen (secondary N) is 1. The Bertz CT molecular complexity index is 247. The quantitative estimate of drug-likeness (QED) is 0.447. The fourth-order valence-corrected chi connectivity index (χ4v) is 1.77. The van der Waals surface area contributed by atoms with Gasteiger partial charge in [-0.25, -0.2) is 0 Å². The smallest absolute Gasteiger partial charge is 0.229 e. The number of rotatable bonds is 11. The standard InChI is InChI=1S/C13H26N2O2S/c1-3-5-9-17-10-6-8-15-13(16)11(7-4-2)12(14)18/h11H,3-10H2,1-2H3,(H2,14,18)(H,15,16). The van der Waals surface area contributed by atoms with Crippen LogP contribution in [-0.2, 0) is 9.53 Å². The van der Waals surface area contributed by atoms with Crippen LogP contribution in [0.1, 0.15) is 46.0 Å². The van der Waals surface area contributed by atoms with Crippen molar-refractivity contribution in [3.8, 4) is 0 Å². The second-order valence-corrected chi connectivity index (χ2v) is 4.83. The fraction of sp³-hybridized carbons (Fsp3) is 0.846. The molecule has 0 bridgehead atoms. The van der Waals surface area contributed by atoms with Crippen molar-refractivity contribution in [1.29, 1.82) is 0 Å². The summed E-state index contributed by atoms with van der Waals surface area (Å²) in [5, 5.41) is 2.85. The maximum Gasteiger partial charge on any atom is 0.229 e. The Kier molecular flexibility index (Phi) is 11.0. The van der Waals surface area contributed by atoms with Crippen LogP contribution in [0.15, 0.2) is 0 Å². The van der Waals surface area contributed by atoms with E-state index in [9.17, 15) is 4.79 Å². The van der Waals surface area contributed by atoms with E-state index in [-0.39, 0.29) is 16.8 Å². The normalized spacial score (nSPS) is 12.1. The summed E-state index contributed by atoms with van der Waals surface area (Å²) in [6.07, 6.45) is 4.67. The first kappa shape index (κ1) is 17.3. The number of carbonyl (C=O) groups excluding carboxylic acids is 1. The molecule has 1 amide bonds. The van der Waals surface area contributed by atoms with E-state index in [1.807, 2.05) is 6.92 Å². The molecule has 0 aromatic carbocycles. The lowest BCUT2D eigenvalue weighted by atomic mass is 10.0. The molecule has 0 radical (unpaired) electrons. The highest BCUT2D eigenvalue weighted by Crippen LogP contribution is 2.06. The molecular formula is C13H26N2O2S. The largest absolute Gasteiger partial charge is 0.393 e. The van der Waals surface area contributed by atoms with Gasteiger partial charge in [-0.2, -0.15) is 0 Å². The molecule has 0 heterocycles. The maximum absolute atomic E-state index is 11.8. The van der Waals surface area contributed by atoms with E-state index in [1.165, 1.54) is 0 Å². The molecule has 0 aliphatic rings. The second kappa shape index (κ2) is 11.4. The number of amides is 1. The van der Waals surface area contributed by atoms with Crippen LogP contribution in [0.25, 0.3) is 0 Å². The summed E-state index contributed by atoms with van der Waals surface area (Å²) in [5.41, 5.74) is 5.55. The third-order valence-corrected chi connectivity index (χ3v) is 2.93. The molecule has 0 aliphatic carbocycles. The molecule has 4 nitrogen and oxygen atoms in total. The predicted molar refractivity (Wildman–Crippen MR) is 78.5 cm³/mol. The first-order valence-corrected chi connectivity index (χ1v) is 7.19. The molecule has 18 heavy (non-hydrogen) atoms. The summed E-state index contributed by atoms with van der Waals surface area (Å²) in [4.78, 5) is 12.1. The number of hydrogen-bond donors (Lipinski definition) is 2. The van der Waals surface area contributed by atoms with Crippen molar-refractivity contribution >= 4 is 23.1 Å². The molecule has 1 unspecified atom stereocenters. The van der Waals surface area contributed by atoms with E-state index in [4.69, 9.17) is 22.7 Å². The van der Waals surface area contributed by atoms with Gasteiger partial charge in [-0.15, -0.1) is 0 Å². The van der Waals surface area contributed by atoms with Crippen molar-refractivity contribution in [2.75, 3.05) is 19.8 Å². The van der Waals surface area contributed by atoms with Gasteiger partial charge in [0.15, 0.2) is 0 Å². The lowest BCUT2D eigenvalue weighted by molar-refractivity contribution is -0.123. The van der Waals surface area contributed by atoms with Crippen molar-refractivity contribution in [1.82, 2.24) is 5.32 Å². The van der Waals surface area contributed by atoms with Crippen LogP contribution in [0.5, 0.6) is 0 Å². The van der Waals surface area contributed by atoms with Gasteiger partial charge in [-0.05, 0) is 19.3 Å². The van der Waals surface area contributed by atoms with E-state index in [2.05, 4.69) is 12.2 Å². The van der Waals surface area contributed by atoms with Crippen LogP contribution < -0.4 is 11.1 Å². The van der Waals surface area contributed by atoms with Gasteiger partial charge in [0.2, 0.25) is 5.91 Å². The highest BCUT2D eigenvalue weighted by Gasteiger charge is 2.19. The van der Waals surface area contributed by atoms with Gasteiger partial charge in [0.1, 0.15) is 0 Å². The Morgan fingerprint density at radius 2 is 1.94 bits per heavy atom. The molecule has 106 valence electrons. The maximum atomic E-state index is 11.8. The first-order valence-electron chi connectivity index (χ1n) is 6.78. The highest BCUT2D eigenvalue weighted by atomic mass is 32.1. The number of thiocarbonyl (C=S) groups is 1. The fourth-order valence-electron chi connectivity index (χ4n) is 1.55. The second-order valence-electron chi connectivity index (χ2n) is 4.35. The van der Waals surface area contributed by atoms with Gasteiger partial charge >= 0.3 is 0 Å². The number of carbonyl (C=O) groups is 1. The van der Waals surface area contributed by atoms with Crippen molar-refractivity contribution in [3.05, 3.63) is 0 Å². The minimum Gasteiger partial charge on any atom is -0.393 e. The molecule has 0 aliphatic heterocycles. The molecule has 5 heteroatoms. The third kappa shape index (κ3) is 8.42. The Morgan fingerprint density at radius 1 is 1.28 bits per heavy atom. The van der Waals surface area contributed by atoms with Crippen LogP contribution in [-0.4, -0.2) is 30.7 Å². The molecule has 3 N–H and O–H groups in total. The summed E-state index contributed by atoms with van der Waals surface area (Å²) in [6.45, 7) is 6.25. The average Bonchev–Trinajstić information content (AvgIpc) is 2.34. The number of nitrogens with two attached hydrogens (primary N) is 1. The van der Waals surface area contributed by atoms with Crippen molar-refractivity contribution < 1.29 is 9.53 Å². The lowest BCUT2D eigenvalue weighted by Crippen LogP contribution is -2.38. The van der Waals surface area contributed by atoms with Gasteiger partial charge in [-0.3, -0.25) is 4.79 Å². The topological polar surface area (TPSA) is 64.3 Å². The Labute approximate surface area is 116 Å². The highest BCUT2D eigenvalue weighted by molar-refractivity contribution is 7.80. The zero-order valence-corrected chi connectivity index (χ0v) is 12.4. The minimum absolute atomic E-state index is 0.0575. The van der Waals surface area contributed by atoms with Crippen LogP contribution in [0.2, 0.25) is 0 Å². The molecular weight excluding hydrogens is 248 g/mol. The summed E-state index contributed by atoms with van der Waals surface area (Å²) in [7, 11) is 0. The zero-order valence-electron chi connectivity index (χ0n) is 11.5. The van der Waals surface area contributed by atoms with Gasteiger partial charge in [0.25, 0.3) is 0 Å². The van der Waals surface area contributed by atoms with Crippen molar-refractivity contribution in [2.24, 2.45) is 11.7 Å². The van der Waals surface area contributed by atoms with E-state index >= 15 is 0 Å². The molecule has 0 aromatic heterocycles. The van der Waals surface area contributed by atoms with E-state index < -0.39 is 0 Å². The Hall–Kier alpha value is -0.680. The van der Waals surface area contributed by atoms with Crippen molar-refractivity contribution in [2.45, 2.75) is 46.0 Å². The Balaban J connectivity index is 3.64. The molecule has 0 fully saturated rings. The zero-order chi connectivity index (χ0) is 13.8. The van der Waals surface area contributed by atoms with E-state index in [0.29, 0.717) is 19.6 Å². The monoisotopic (exact) mass is 274 g/mol. The SMILES string of the molecule is CCCCOCCCNC(=O)C(CCC)C(N)=S. The van der Waals surface area contributed by atoms with Gasteiger partial charge in [0, 0.05) is 19.8 Å². The molecule has 1 atom stereocenters. The average molecular weight is 274 g/mol. The minimum atomic E-state index is -0.328. The molecule has 0 rings (SSSR count). The summed E-state index contributed by atoms with van der Waals surface area (Å²) in [6, 6.07) is 0. The van der Waals surface area contributed by atoms with Crippen LogP contribution in [0.3, 0.4) is 0 Å². The predicted octanol–water partition coefficient (Wildman–Crippen LogP) is 2.01. The number of hydrogen-bond acceptors (Lipinski definition) is 3. The Morgan fingerprint density at radius 3 is 2.50 bits per heavy atom. The summed E-state index contributed by atoms with van der Waals surface area (Å²) in [5.74, 6) is -0.385. The lowest BCUT2D eigenvalue weighted by Gasteiger charge is -2.14. The third-order valence-electron chi connectivity index (χ3n) is 2.64. The van der Waals surface area contributed by atoms with Gasteiger partial charge in [0.05, 0.1) is 10.9 Å². The van der Waals surface area contributed by atoms with Crippen molar-refractivity contribution in [3.63, 3.8) is 0 Å². The van der Waals surface area contributed by atoms with Crippen LogP contribution >= 0.6 is 12.2 Å². The molecule has 0 saturated heterocycles. The summed E-state index contributed by atoms with van der Waals surface area (Å²) >= 11 is 4.90. The first-order chi connectivity index (χ1) is 8.63. The number of ether oxygens (including phenoxy) is 1. The van der Waals surface area contributed by atoms with E-state index in [0.717, 1.165) is 32.3 Å². The molecule has 0 spiro atoms. The van der Waals surface area contributed by atoms with Gasteiger partial charge in [-0.1, -0.05) is 38.9 Å². The van der Waals surface area contributed by atoms with E-state index in [1.54, 1.807) is 0 Å².